The highest BCUT2D eigenvalue weighted by Crippen LogP contribution is 2.16. The van der Waals surface area contributed by atoms with Crippen LogP contribution in [0.15, 0.2) is 34.8 Å². The lowest BCUT2D eigenvalue weighted by Gasteiger charge is -2.27. The molecule has 1 aromatic carbocycles. The summed E-state index contributed by atoms with van der Waals surface area (Å²) in [5.74, 6) is -1.41. The molecule has 0 aliphatic carbocycles. The summed E-state index contributed by atoms with van der Waals surface area (Å²) >= 11 is 3.35. The van der Waals surface area contributed by atoms with Crippen LogP contribution in [-0.2, 0) is 9.59 Å². The van der Waals surface area contributed by atoms with E-state index in [2.05, 4.69) is 21.2 Å². The Morgan fingerprint density at radius 2 is 2.00 bits per heavy atom. The van der Waals surface area contributed by atoms with Crippen molar-refractivity contribution in [1.29, 1.82) is 0 Å². The minimum atomic E-state index is -1.20. The van der Waals surface area contributed by atoms with Gasteiger partial charge in [-0.15, -0.1) is 0 Å². The van der Waals surface area contributed by atoms with Crippen LogP contribution in [0.4, 0.5) is 0 Å². The van der Waals surface area contributed by atoms with E-state index in [1.54, 1.807) is 19.9 Å². The molecule has 0 aliphatic heterocycles. The number of carbonyl (C=O) groups excluding carboxylic acids is 1. The summed E-state index contributed by atoms with van der Waals surface area (Å²) < 4.78 is 0.919. The summed E-state index contributed by atoms with van der Waals surface area (Å²) in [6.45, 7) is 3.49. The monoisotopic (exact) mass is 339 g/mol. The molecule has 0 saturated heterocycles. The van der Waals surface area contributed by atoms with E-state index in [-0.39, 0.29) is 0 Å². The zero-order valence-electron chi connectivity index (χ0n) is 11.5. The van der Waals surface area contributed by atoms with Crippen molar-refractivity contribution in [2.75, 3.05) is 0 Å². The fourth-order valence-corrected chi connectivity index (χ4v) is 2.26. The van der Waals surface area contributed by atoms with E-state index in [0.29, 0.717) is 12.8 Å². The van der Waals surface area contributed by atoms with Crippen LogP contribution in [0.1, 0.15) is 32.3 Å². The highest BCUT2D eigenvalue weighted by molar-refractivity contribution is 9.10. The van der Waals surface area contributed by atoms with Gasteiger partial charge in [-0.1, -0.05) is 41.9 Å². The maximum Gasteiger partial charge on any atom is 0.329 e. The minimum Gasteiger partial charge on any atom is -0.480 e. The van der Waals surface area contributed by atoms with Gasteiger partial charge in [0.15, 0.2) is 0 Å². The van der Waals surface area contributed by atoms with Gasteiger partial charge in [-0.2, -0.15) is 0 Å². The molecular formula is C15H18BrNO3. The lowest BCUT2D eigenvalue weighted by atomic mass is 9.93. The summed E-state index contributed by atoms with van der Waals surface area (Å²) in [6.07, 6.45) is 3.69. The molecule has 1 aromatic rings. The van der Waals surface area contributed by atoms with E-state index in [9.17, 15) is 14.7 Å². The quantitative estimate of drug-likeness (QED) is 0.782. The molecule has 0 aromatic heterocycles. The number of carbonyl (C=O) groups is 2. The van der Waals surface area contributed by atoms with Crippen LogP contribution in [0.5, 0.6) is 0 Å². The Bertz CT molecular complexity index is 522. The zero-order chi connectivity index (χ0) is 15.2. The molecule has 0 unspecified atom stereocenters. The van der Waals surface area contributed by atoms with Crippen molar-refractivity contribution in [3.8, 4) is 0 Å². The van der Waals surface area contributed by atoms with Gasteiger partial charge in [-0.25, -0.2) is 4.79 Å². The molecule has 5 heteroatoms. The molecule has 0 spiro atoms. The number of amides is 1. The Labute approximate surface area is 127 Å². The number of halogens is 1. The fraction of sp³-hybridized carbons (Fsp3) is 0.333. The lowest BCUT2D eigenvalue weighted by Crippen LogP contribution is -2.53. The average Bonchev–Trinajstić information content (AvgIpc) is 2.42. The van der Waals surface area contributed by atoms with E-state index in [4.69, 9.17) is 0 Å². The van der Waals surface area contributed by atoms with Gasteiger partial charge < -0.3 is 10.4 Å². The normalized spacial score (nSPS) is 11.6. The molecule has 0 radical (unpaired) electrons. The predicted molar refractivity (Wildman–Crippen MR) is 82.3 cm³/mol. The van der Waals surface area contributed by atoms with E-state index in [0.717, 1.165) is 10.0 Å². The van der Waals surface area contributed by atoms with Crippen LogP contribution in [0.25, 0.3) is 6.08 Å². The molecular weight excluding hydrogens is 322 g/mol. The second kappa shape index (κ2) is 7.24. The number of rotatable bonds is 6. The van der Waals surface area contributed by atoms with E-state index in [1.165, 1.54) is 6.08 Å². The van der Waals surface area contributed by atoms with Crippen molar-refractivity contribution >= 4 is 33.9 Å². The second-order valence-electron chi connectivity index (χ2n) is 4.47. The van der Waals surface area contributed by atoms with Crippen molar-refractivity contribution in [3.05, 3.63) is 40.4 Å². The molecule has 0 heterocycles. The van der Waals surface area contributed by atoms with E-state index >= 15 is 0 Å². The number of benzene rings is 1. The van der Waals surface area contributed by atoms with Crippen LogP contribution in [-0.4, -0.2) is 22.5 Å². The van der Waals surface area contributed by atoms with Crippen LogP contribution >= 0.6 is 15.9 Å². The largest absolute Gasteiger partial charge is 0.480 e. The van der Waals surface area contributed by atoms with Gasteiger partial charge in [-0.05, 0) is 36.6 Å². The van der Waals surface area contributed by atoms with Crippen molar-refractivity contribution < 1.29 is 14.7 Å². The molecule has 0 atom stereocenters. The van der Waals surface area contributed by atoms with E-state index in [1.807, 2.05) is 24.3 Å². The average molecular weight is 340 g/mol. The maximum absolute atomic E-state index is 11.9. The first-order valence-corrected chi connectivity index (χ1v) is 7.22. The molecule has 108 valence electrons. The summed E-state index contributed by atoms with van der Waals surface area (Å²) in [5, 5.41) is 11.8. The molecule has 0 fully saturated rings. The van der Waals surface area contributed by atoms with Gasteiger partial charge >= 0.3 is 5.97 Å². The van der Waals surface area contributed by atoms with Gasteiger partial charge in [0, 0.05) is 10.5 Å². The predicted octanol–water partition coefficient (Wildman–Crippen LogP) is 3.22. The molecule has 1 rings (SSSR count). The summed E-state index contributed by atoms with van der Waals surface area (Å²) in [4.78, 5) is 23.2. The number of carboxylic acid groups (broad SMARTS) is 1. The summed E-state index contributed by atoms with van der Waals surface area (Å²) in [6, 6.07) is 7.48. The maximum atomic E-state index is 11.9. The molecule has 0 bridgehead atoms. The molecule has 4 nitrogen and oxygen atoms in total. The molecule has 2 N–H and O–H groups in total. The third-order valence-corrected chi connectivity index (χ3v) is 3.75. The smallest absolute Gasteiger partial charge is 0.329 e. The topological polar surface area (TPSA) is 66.4 Å². The van der Waals surface area contributed by atoms with Crippen LogP contribution in [0.3, 0.4) is 0 Å². The Balaban J connectivity index is 2.79. The van der Waals surface area contributed by atoms with E-state index < -0.39 is 17.4 Å². The Hall–Kier alpha value is -1.62. The van der Waals surface area contributed by atoms with Gasteiger partial charge in [0.05, 0.1) is 0 Å². The van der Waals surface area contributed by atoms with Crippen molar-refractivity contribution in [2.24, 2.45) is 0 Å². The minimum absolute atomic E-state index is 0.343. The molecule has 20 heavy (non-hydrogen) atoms. The van der Waals surface area contributed by atoms with Gasteiger partial charge in [0.2, 0.25) is 5.91 Å². The Morgan fingerprint density at radius 1 is 1.35 bits per heavy atom. The number of aliphatic carboxylic acids is 1. The third kappa shape index (κ3) is 4.20. The number of hydrogen-bond donors (Lipinski definition) is 2. The standard InChI is InChI=1S/C15H18BrNO3/c1-3-15(4-2,14(19)20)17-13(18)9-8-11-6-5-7-12(16)10-11/h5-10H,3-4H2,1-2H3,(H,17,18)(H,19,20). The number of carboxylic acids is 1. The second-order valence-corrected chi connectivity index (χ2v) is 5.39. The highest BCUT2D eigenvalue weighted by atomic mass is 79.9. The molecule has 0 saturated carbocycles. The fourth-order valence-electron chi connectivity index (χ4n) is 1.84. The van der Waals surface area contributed by atoms with Crippen molar-refractivity contribution in [1.82, 2.24) is 5.32 Å². The Kier molecular flexibility index (Phi) is 5.95. The first-order valence-electron chi connectivity index (χ1n) is 6.42. The van der Waals surface area contributed by atoms with Crippen LogP contribution < -0.4 is 5.32 Å². The molecule has 0 aliphatic rings. The zero-order valence-corrected chi connectivity index (χ0v) is 13.1. The van der Waals surface area contributed by atoms with Gasteiger partial charge in [0.1, 0.15) is 5.54 Å². The van der Waals surface area contributed by atoms with Crippen molar-refractivity contribution in [2.45, 2.75) is 32.2 Å². The number of nitrogens with one attached hydrogen (secondary N) is 1. The Morgan fingerprint density at radius 3 is 2.50 bits per heavy atom. The lowest BCUT2D eigenvalue weighted by molar-refractivity contribution is -0.147. The molecule has 1 amide bonds. The van der Waals surface area contributed by atoms with Gasteiger partial charge in [0.25, 0.3) is 0 Å². The number of hydrogen-bond acceptors (Lipinski definition) is 2. The highest BCUT2D eigenvalue weighted by Gasteiger charge is 2.35. The van der Waals surface area contributed by atoms with Crippen LogP contribution in [0.2, 0.25) is 0 Å². The first kappa shape index (κ1) is 16.4. The summed E-state index contributed by atoms with van der Waals surface area (Å²) in [5.41, 5.74) is -0.331. The van der Waals surface area contributed by atoms with Gasteiger partial charge in [-0.3, -0.25) is 4.79 Å². The van der Waals surface area contributed by atoms with Crippen LogP contribution in [0, 0.1) is 0 Å². The SMILES string of the molecule is CCC(CC)(NC(=O)C=Cc1cccc(Br)c1)C(=O)O. The summed E-state index contributed by atoms with van der Waals surface area (Å²) in [7, 11) is 0. The third-order valence-electron chi connectivity index (χ3n) is 3.25. The van der Waals surface area contributed by atoms with Crippen molar-refractivity contribution in [3.63, 3.8) is 0 Å². The first-order chi connectivity index (χ1) is 9.43.